The molecule has 0 atom stereocenters. The standard InChI is InChI=1S/C9H15BrN2S/c1-4-5-13-6-8-9(10)7(2)11-12(8)3/h4-6H2,1-3H3. The highest BCUT2D eigenvalue weighted by Crippen LogP contribution is 2.24. The molecule has 0 unspecified atom stereocenters. The molecule has 0 aliphatic carbocycles. The Morgan fingerprint density at radius 3 is 2.69 bits per heavy atom. The lowest BCUT2D eigenvalue weighted by Gasteiger charge is -2.01. The van der Waals surface area contributed by atoms with Crippen LogP contribution < -0.4 is 0 Å². The van der Waals surface area contributed by atoms with Crippen molar-refractivity contribution in [1.82, 2.24) is 9.78 Å². The SMILES string of the molecule is CCCSCc1c(Br)c(C)nn1C. The number of thioether (sulfide) groups is 1. The summed E-state index contributed by atoms with van der Waals surface area (Å²) in [5.74, 6) is 2.27. The van der Waals surface area contributed by atoms with E-state index < -0.39 is 0 Å². The average molecular weight is 263 g/mol. The second-order valence-electron chi connectivity index (χ2n) is 3.02. The van der Waals surface area contributed by atoms with Gasteiger partial charge < -0.3 is 0 Å². The van der Waals surface area contributed by atoms with E-state index in [-0.39, 0.29) is 0 Å². The second-order valence-corrected chi connectivity index (χ2v) is 4.92. The molecule has 1 aromatic rings. The van der Waals surface area contributed by atoms with Crippen molar-refractivity contribution < 1.29 is 0 Å². The van der Waals surface area contributed by atoms with Gasteiger partial charge in [-0.3, -0.25) is 4.68 Å². The molecule has 0 aromatic carbocycles. The van der Waals surface area contributed by atoms with E-state index in [1.807, 2.05) is 30.4 Å². The maximum Gasteiger partial charge on any atom is 0.0738 e. The molecule has 0 spiro atoms. The van der Waals surface area contributed by atoms with Gasteiger partial charge in [-0.05, 0) is 35.0 Å². The zero-order chi connectivity index (χ0) is 9.84. The van der Waals surface area contributed by atoms with Crippen molar-refractivity contribution in [3.8, 4) is 0 Å². The molecule has 0 fully saturated rings. The molecule has 0 N–H and O–H groups in total. The van der Waals surface area contributed by atoms with E-state index in [1.165, 1.54) is 22.3 Å². The number of aromatic nitrogens is 2. The molecule has 4 heteroatoms. The number of hydrogen-bond acceptors (Lipinski definition) is 2. The van der Waals surface area contributed by atoms with E-state index in [4.69, 9.17) is 0 Å². The Morgan fingerprint density at radius 1 is 1.54 bits per heavy atom. The molecule has 2 nitrogen and oxygen atoms in total. The van der Waals surface area contributed by atoms with Crippen molar-refractivity contribution in [2.45, 2.75) is 26.0 Å². The van der Waals surface area contributed by atoms with Crippen LogP contribution in [0.25, 0.3) is 0 Å². The monoisotopic (exact) mass is 262 g/mol. The van der Waals surface area contributed by atoms with E-state index in [1.54, 1.807) is 0 Å². The van der Waals surface area contributed by atoms with Gasteiger partial charge in [0.25, 0.3) is 0 Å². The molecule has 0 saturated carbocycles. The summed E-state index contributed by atoms with van der Waals surface area (Å²) >= 11 is 5.51. The van der Waals surface area contributed by atoms with E-state index in [2.05, 4.69) is 28.0 Å². The fraction of sp³-hybridized carbons (Fsp3) is 0.667. The quantitative estimate of drug-likeness (QED) is 0.777. The summed E-state index contributed by atoms with van der Waals surface area (Å²) in [7, 11) is 2.00. The van der Waals surface area contributed by atoms with Crippen LogP contribution >= 0.6 is 27.7 Å². The third kappa shape index (κ3) is 2.74. The highest BCUT2D eigenvalue weighted by atomic mass is 79.9. The van der Waals surface area contributed by atoms with Crippen LogP contribution in [0.1, 0.15) is 24.7 Å². The van der Waals surface area contributed by atoms with E-state index in [0.29, 0.717) is 0 Å². The first-order valence-corrected chi connectivity index (χ1v) is 6.37. The maximum atomic E-state index is 4.35. The summed E-state index contributed by atoms with van der Waals surface area (Å²) in [6.45, 7) is 4.23. The van der Waals surface area contributed by atoms with Gasteiger partial charge in [0, 0.05) is 12.8 Å². The number of rotatable bonds is 4. The molecule has 0 aliphatic heterocycles. The predicted molar refractivity (Wildman–Crippen MR) is 62.1 cm³/mol. The minimum absolute atomic E-state index is 1.05. The average Bonchev–Trinajstić information content (AvgIpc) is 2.32. The van der Waals surface area contributed by atoms with E-state index in [9.17, 15) is 0 Å². The molecule has 74 valence electrons. The highest BCUT2D eigenvalue weighted by Gasteiger charge is 2.09. The van der Waals surface area contributed by atoms with Gasteiger partial charge in [-0.2, -0.15) is 16.9 Å². The Labute approximate surface area is 92.2 Å². The lowest BCUT2D eigenvalue weighted by molar-refractivity contribution is 0.727. The fourth-order valence-corrected chi connectivity index (χ4v) is 2.77. The summed E-state index contributed by atoms with van der Waals surface area (Å²) in [5, 5.41) is 4.35. The van der Waals surface area contributed by atoms with Gasteiger partial charge in [0.05, 0.1) is 15.9 Å². The third-order valence-electron chi connectivity index (χ3n) is 1.85. The number of nitrogens with zero attached hydrogens (tertiary/aromatic N) is 2. The number of aryl methyl sites for hydroxylation is 2. The van der Waals surface area contributed by atoms with Gasteiger partial charge in [0.2, 0.25) is 0 Å². The first kappa shape index (κ1) is 11.1. The molecule has 0 aliphatic rings. The molecule has 0 radical (unpaired) electrons. The van der Waals surface area contributed by atoms with Crippen LogP contribution in [0.3, 0.4) is 0 Å². The van der Waals surface area contributed by atoms with Crippen molar-refractivity contribution in [1.29, 1.82) is 0 Å². The Balaban J connectivity index is 2.64. The first-order chi connectivity index (χ1) is 6.16. The van der Waals surface area contributed by atoms with Gasteiger partial charge in [-0.1, -0.05) is 6.92 Å². The predicted octanol–water partition coefficient (Wildman–Crippen LogP) is 3.13. The molecule has 1 aromatic heterocycles. The first-order valence-electron chi connectivity index (χ1n) is 4.42. The smallest absolute Gasteiger partial charge is 0.0738 e. The van der Waals surface area contributed by atoms with Crippen molar-refractivity contribution >= 4 is 27.7 Å². The highest BCUT2D eigenvalue weighted by molar-refractivity contribution is 9.10. The maximum absolute atomic E-state index is 4.35. The Kier molecular flexibility index (Phi) is 4.32. The van der Waals surface area contributed by atoms with Crippen LogP contribution in [-0.4, -0.2) is 15.5 Å². The molecule has 13 heavy (non-hydrogen) atoms. The molecular formula is C9H15BrN2S. The van der Waals surface area contributed by atoms with Crippen molar-refractivity contribution in [3.05, 3.63) is 15.9 Å². The summed E-state index contributed by atoms with van der Waals surface area (Å²) in [5.41, 5.74) is 2.37. The summed E-state index contributed by atoms with van der Waals surface area (Å²) in [4.78, 5) is 0. The van der Waals surface area contributed by atoms with Gasteiger partial charge in [-0.25, -0.2) is 0 Å². The molecular weight excluding hydrogens is 248 g/mol. The van der Waals surface area contributed by atoms with Gasteiger partial charge in [0.1, 0.15) is 0 Å². The van der Waals surface area contributed by atoms with Crippen molar-refractivity contribution in [2.75, 3.05) is 5.75 Å². The van der Waals surface area contributed by atoms with Gasteiger partial charge in [-0.15, -0.1) is 0 Å². The zero-order valence-electron chi connectivity index (χ0n) is 8.30. The summed E-state index contributed by atoms with van der Waals surface area (Å²) in [6.07, 6.45) is 1.24. The van der Waals surface area contributed by atoms with Gasteiger partial charge in [0.15, 0.2) is 0 Å². The van der Waals surface area contributed by atoms with Crippen LogP contribution in [0.4, 0.5) is 0 Å². The van der Waals surface area contributed by atoms with Crippen LogP contribution in [0, 0.1) is 6.92 Å². The van der Waals surface area contributed by atoms with Crippen molar-refractivity contribution in [2.24, 2.45) is 7.05 Å². The Hall–Kier alpha value is 0.0400. The summed E-state index contributed by atoms with van der Waals surface area (Å²) in [6, 6.07) is 0. The van der Waals surface area contributed by atoms with Crippen LogP contribution in [0.5, 0.6) is 0 Å². The third-order valence-corrected chi connectivity index (χ3v) is 4.05. The zero-order valence-corrected chi connectivity index (χ0v) is 10.7. The van der Waals surface area contributed by atoms with Crippen LogP contribution in [0.2, 0.25) is 0 Å². The minimum Gasteiger partial charge on any atom is -0.270 e. The topological polar surface area (TPSA) is 17.8 Å². The van der Waals surface area contributed by atoms with Gasteiger partial charge >= 0.3 is 0 Å². The molecule has 1 rings (SSSR count). The Morgan fingerprint density at radius 2 is 2.23 bits per heavy atom. The van der Waals surface area contributed by atoms with E-state index >= 15 is 0 Å². The van der Waals surface area contributed by atoms with Crippen LogP contribution in [0.15, 0.2) is 4.47 Å². The largest absolute Gasteiger partial charge is 0.270 e. The molecule has 0 saturated heterocycles. The second kappa shape index (κ2) is 5.05. The minimum atomic E-state index is 1.05. The molecule has 1 heterocycles. The lowest BCUT2D eigenvalue weighted by atomic mass is 10.4. The normalized spacial score (nSPS) is 10.8. The fourth-order valence-electron chi connectivity index (χ4n) is 1.15. The Bertz CT molecular complexity index is 283. The number of halogens is 1. The van der Waals surface area contributed by atoms with Crippen LogP contribution in [-0.2, 0) is 12.8 Å². The van der Waals surface area contributed by atoms with Crippen molar-refractivity contribution in [3.63, 3.8) is 0 Å². The van der Waals surface area contributed by atoms with E-state index in [0.717, 1.165) is 11.4 Å². The lowest BCUT2D eigenvalue weighted by Crippen LogP contribution is -1.97. The molecule has 0 bridgehead atoms. The summed E-state index contributed by atoms with van der Waals surface area (Å²) < 4.78 is 3.13. The molecule has 0 amide bonds. The number of hydrogen-bond donors (Lipinski definition) is 0.